The Hall–Kier alpha value is -3.09. The van der Waals surface area contributed by atoms with Crippen molar-refractivity contribution in [1.82, 2.24) is 4.98 Å². The number of carboxylic acid groups (broad SMARTS) is 1. The lowest BCUT2D eigenvalue weighted by atomic mass is 10.0. The Balaban J connectivity index is 2.50. The molecule has 1 aromatic heterocycles. The van der Waals surface area contributed by atoms with Gasteiger partial charge in [0.15, 0.2) is 0 Å². The number of carbonyl (C=O) groups excluding carboxylic acids is 1. The number of ether oxygens (including phenoxy) is 2. The van der Waals surface area contributed by atoms with Crippen LogP contribution in [0.4, 0.5) is 10.6 Å². The van der Waals surface area contributed by atoms with E-state index in [1.807, 2.05) is 12.1 Å². The van der Waals surface area contributed by atoms with Gasteiger partial charge in [-0.2, -0.15) is 0 Å². The number of carboxylic acids is 1. The first-order valence-electron chi connectivity index (χ1n) is 8.86. The minimum Gasteiger partial charge on any atom is -0.497 e. The number of methoxy groups -OCH3 is 1. The predicted molar refractivity (Wildman–Crippen MR) is 106 cm³/mol. The molecule has 1 heterocycles. The van der Waals surface area contributed by atoms with Gasteiger partial charge in [-0.1, -0.05) is 12.1 Å². The van der Waals surface area contributed by atoms with Gasteiger partial charge in [0.05, 0.1) is 19.2 Å². The molecular formula is C21H26N2O5. The number of anilines is 1. The van der Waals surface area contributed by atoms with Crippen LogP contribution in [-0.4, -0.2) is 34.9 Å². The van der Waals surface area contributed by atoms with E-state index >= 15 is 0 Å². The molecule has 0 aliphatic rings. The highest BCUT2D eigenvalue weighted by Crippen LogP contribution is 2.27. The second kappa shape index (κ2) is 8.29. The molecule has 2 rings (SSSR count). The number of pyridine rings is 1. The molecule has 0 bridgehead atoms. The van der Waals surface area contributed by atoms with Crippen LogP contribution in [0.2, 0.25) is 0 Å². The van der Waals surface area contributed by atoms with Crippen LogP contribution in [0.1, 0.15) is 47.8 Å². The molecule has 150 valence electrons. The summed E-state index contributed by atoms with van der Waals surface area (Å²) < 4.78 is 10.7. The molecule has 0 unspecified atom stereocenters. The topological polar surface area (TPSA) is 89.0 Å². The lowest BCUT2D eigenvalue weighted by Gasteiger charge is -2.28. The molecule has 0 fully saturated rings. The van der Waals surface area contributed by atoms with Gasteiger partial charge >= 0.3 is 12.1 Å². The number of aryl methyl sites for hydroxylation is 1. The fraction of sp³-hybridized carbons (Fsp3) is 0.381. The Labute approximate surface area is 164 Å². The zero-order valence-electron chi connectivity index (χ0n) is 17.1. The number of amides is 1. The van der Waals surface area contributed by atoms with Crippen molar-refractivity contribution in [1.29, 1.82) is 0 Å². The van der Waals surface area contributed by atoms with Crippen molar-refractivity contribution in [2.75, 3.05) is 12.0 Å². The van der Waals surface area contributed by atoms with Crippen molar-refractivity contribution in [3.8, 4) is 5.75 Å². The Morgan fingerprint density at radius 2 is 1.75 bits per heavy atom. The number of carbonyl (C=O) groups is 2. The van der Waals surface area contributed by atoms with Gasteiger partial charge in [0, 0.05) is 11.8 Å². The third-order valence-corrected chi connectivity index (χ3v) is 4.07. The van der Waals surface area contributed by atoms with Crippen molar-refractivity contribution in [2.24, 2.45) is 0 Å². The number of hydrogen-bond acceptors (Lipinski definition) is 5. The average molecular weight is 386 g/mol. The van der Waals surface area contributed by atoms with Gasteiger partial charge in [-0.3, -0.25) is 4.90 Å². The van der Waals surface area contributed by atoms with Crippen LogP contribution in [0.25, 0.3) is 0 Å². The van der Waals surface area contributed by atoms with Crippen LogP contribution in [0, 0.1) is 13.8 Å². The lowest BCUT2D eigenvalue weighted by Crippen LogP contribution is -2.37. The van der Waals surface area contributed by atoms with Gasteiger partial charge in [-0.05, 0) is 57.9 Å². The van der Waals surface area contributed by atoms with Crippen molar-refractivity contribution in [2.45, 2.75) is 46.8 Å². The molecule has 0 aliphatic heterocycles. The second-order valence-electron chi connectivity index (χ2n) is 7.48. The number of rotatable bonds is 5. The SMILES string of the molecule is COc1ccc(CN(C(=O)OC(C)(C)C)c2ncc(C)c(C(=O)O)c2C)cc1. The molecule has 1 aromatic carbocycles. The Morgan fingerprint density at radius 1 is 1.14 bits per heavy atom. The molecule has 28 heavy (non-hydrogen) atoms. The summed E-state index contributed by atoms with van der Waals surface area (Å²) in [6, 6.07) is 7.25. The number of benzene rings is 1. The Bertz CT molecular complexity index is 870. The smallest absolute Gasteiger partial charge is 0.416 e. The normalized spacial score (nSPS) is 11.1. The largest absolute Gasteiger partial charge is 0.497 e. The van der Waals surface area contributed by atoms with E-state index in [0.717, 1.165) is 5.56 Å². The van der Waals surface area contributed by atoms with Gasteiger partial charge in [0.2, 0.25) is 0 Å². The Kier molecular flexibility index (Phi) is 6.28. The zero-order chi connectivity index (χ0) is 21.1. The summed E-state index contributed by atoms with van der Waals surface area (Å²) >= 11 is 0. The third-order valence-electron chi connectivity index (χ3n) is 4.07. The highest BCUT2D eigenvalue weighted by molar-refractivity contribution is 5.95. The fourth-order valence-electron chi connectivity index (χ4n) is 2.78. The summed E-state index contributed by atoms with van der Waals surface area (Å²) in [5.74, 6) is -0.106. The monoisotopic (exact) mass is 386 g/mol. The molecule has 1 amide bonds. The molecule has 0 saturated carbocycles. The van der Waals surface area contributed by atoms with E-state index in [1.165, 1.54) is 11.1 Å². The quantitative estimate of drug-likeness (QED) is 0.822. The molecule has 1 N–H and O–H groups in total. The minimum absolute atomic E-state index is 0.133. The van der Waals surface area contributed by atoms with Gasteiger partial charge in [-0.25, -0.2) is 14.6 Å². The number of aromatic carboxylic acids is 1. The van der Waals surface area contributed by atoms with Crippen LogP contribution in [0.15, 0.2) is 30.5 Å². The van der Waals surface area contributed by atoms with Gasteiger partial charge in [-0.15, -0.1) is 0 Å². The van der Waals surface area contributed by atoms with E-state index in [4.69, 9.17) is 9.47 Å². The second-order valence-corrected chi connectivity index (χ2v) is 7.48. The maximum atomic E-state index is 12.9. The highest BCUT2D eigenvalue weighted by atomic mass is 16.6. The zero-order valence-corrected chi connectivity index (χ0v) is 17.1. The summed E-state index contributed by atoms with van der Waals surface area (Å²) in [5.41, 5.74) is 1.19. The van der Waals surface area contributed by atoms with E-state index < -0.39 is 17.7 Å². The molecule has 2 aromatic rings. The van der Waals surface area contributed by atoms with E-state index in [2.05, 4.69) is 4.98 Å². The summed E-state index contributed by atoms with van der Waals surface area (Å²) in [6.45, 7) is 8.81. The maximum absolute atomic E-state index is 12.9. The molecular weight excluding hydrogens is 360 g/mol. The van der Waals surface area contributed by atoms with Crippen molar-refractivity contribution >= 4 is 17.9 Å². The minimum atomic E-state index is -1.06. The third kappa shape index (κ3) is 5.00. The average Bonchev–Trinajstić information content (AvgIpc) is 2.59. The molecule has 0 saturated heterocycles. The number of aromatic nitrogens is 1. The lowest BCUT2D eigenvalue weighted by molar-refractivity contribution is 0.0574. The molecule has 7 heteroatoms. The van der Waals surface area contributed by atoms with Gasteiger partial charge in [0.1, 0.15) is 17.2 Å². The van der Waals surface area contributed by atoms with Crippen LogP contribution >= 0.6 is 0 Å². The van der Waals surface area contributed by atoms with Crippen molar-refractivity contribution in [3.63, 3.8) is 0 Å². The summed E-state index contributed by atoms with van der Waals surface area (Å²) in [7, 11) is 1.58. The maximum Gasteiger partial charge on any atom is 0.416 e. The molecule has 0 atom stereocenters. The first-order chi connectivity index (χ1) is 13.0. The first kappa shape index (κ1) is 21.2. The van der Waals surface area contributed by atoms with Crippen molar-refractivity contribution < 1.29 is 24.2 Å². The van der Waals surface area contributed by atoms with Crippen LogP contribution in [0.5, 0.6) is 5.75 Å². The van der Waals surface area contributed by atoms with Crippen LogP contribution in [0.3, 0.4) is 0 Å². The van der Waals surface area contributed by atoms with Crippen LogP contribution < -0.4 is 9.64 Å². The first-order valence-corrected chi connectivity index (χ1v) is 8.86. The van der Waals surface area contributed by atoms with Crippen molar-refractivity contribution in [3.05, 3.63) is 52.7 Å². The van der Waals surface area contributed by atoms with Crippen LogP contribution in [-0.2, 0) is 11.3 Å². The van der Waals surface area contributed by atoms with Gasteiger partial charge < -0.3 is 14.6 Å². The van der Waals surface area contributed by atoms with E-state index in [9.17, 15) is 14.7 Å². The van der Waals surface area contributed by atoms with E-state index in [0.29, 0.717) is 16.9 Å². The number of nitrogens with zero attached hydrogens (tertiary/aromatic N) is 2. The van der Waals surface area contributed by atoms with E-state index in [1.54, 1.807) is 53.9 Å². The summed E-state index contributed by atoms with van der Waals surface area (Å²) in [6.07, 6.45) is 0.857. The number of hydrogen-bond donors (Lipinski definition) is 1. The van der Waals surface area contributed by atoms with Gasteiger partial charge in [0.25, 0.3) is 0 Å². The fourth-order valence-corrected chi connectivity index (χ4v) is 2.78. The molecule has 0 aliphatic carbocycles. The standard InChI is InChI=1S/C21H26N2O5/c1-13-11-22-18(14(2)17(13)19(24)25)23(20(26)28-21(3,4)5)12-15-7-9-16(27-6)10-8-15/h7-11H,12H2,1-6H3,(H,24,25). The molecule has 0 spiro atoms. The summed E-state index contributed by atoms with van der Waals surface area (Å²) in [4.78, 5) is 30.3. The highest BCUT2D eigenvalue weighted by Gasteiger charge is 2.28. The predicted octanol–water partition coefficient (Wildman–Crippen LogP) is 4.35. The Morgan fingerprint density at radius 3 is 2.25 bits per heavy atom. The molecule has 7 nitrogen and oxygen atoms in total. The molecule has 0 radical (unpaired) electrons. The van der Waals surface area contributed by atoms with E-state index in [-0.39, 0.29) is 17.9 Å². The summed E-state index contributed by atoms with van der Waals surface area (Å²) in [5, 5.41) is 9.55.